The third kappa shape index (κ3) is 35.2. The molecule has 4 aromatic carbocycles. The number of esters is 1. The lowest BCUT2D eigenvalue weighted by Crippen LogP contribution is -2.40. The average Bonchev–Trinajstić information content (AvgIpc) is 0.841. The highest BCUT2D eigenvalue weighted by molar-refractivity contribution is 9.10. The van der Waals surface area contributed by atoms with Crippen molar-refractivity contribution in [1.82, 2.24) is 0 Å². The SMILES string of the molecule is C.C.C.C1CCOC1.CCC(=O)O[C@@H](C[C@H](O)C[C@H](OCc1ccc(OC)cc1)/C(C)=C\[C@@H](CC)COCOCCOC)C(C)(C)c1cccc(Br)c1.CC[C@H](/C=C(/C)[C@H](CC(=O)C[C@H](O)C(C)(C)c1cccc(Br)c1)OCc1ccc(OC)cc1)COCOCCOC. The smallest absolute Gasteiger partial charge is 0.305 e. The van der Waals surface area contributed by atoms with Crippen LogP contribution in [0, 0.1) is 11.8 Å². The molecule has 1 aliphatic rings. The zero-order valence-corrected chi connectivity index (χ0v) is 59.8. The summed E-state index contributed by atoms with van der Waals surface area (Å²) in [6.45, 7) is 24.1. The van der Waals surface area contributed by atoms with E-state index in [0.717, 1.165) is 79.9 Å². The molecule has 94 heavy (non-hydrogen) atoms. The maximum absolute atomic E-state index is 13.3. The molecule has 5 rings (SSSR count). The van der Waals surface area contributed by atoms with Gasteiger partial charge in [-0.25, -0.2) is 0 Å². The molecule has 0 spiro atoms. The van der Waals surface area contributed by atoms with Crippen LogP contribution in [0.5, 0.6) is 11.5 Å². The van der Waals surface area contributed by atoms with Gasteiger partial charge in [0.1, 0.15) is 37.0 Å². The van der Waals surface area contributed by atoms with Crippen molar-refractivity contribution in [1.29, 1.82) is 0 Å². The van der Waals surface area contributed by atoms with Crippen molar-refractivity contribution in [3.05, 3.63) is 152 Å². The minimum absolute atomic E-state index is 0. The van der Waals surface area contributed by atoms with Crippen molar-refractivity contribution in [3.63, 3.8) is 0 Å². The monoisotopic (exact) mass is 1450 g/mol. The predicted molar refractivity (Wildman–Crippen MR) is 386 cm³/mol. The van der Waals surface area contributed by atoms with E-state index >= 15 is 0 Å². The number of methoxy groups -OCH3 is 4. The number of Topliss-reactive ketones (excluding diaryl/α,β-unsaturated/α-hetero) is 1. The second-order valence-electron chi connectivity index (χ2n) is 23.9. The van der Waals surface area contributed by atoms with E-state index in [2.05, 4.69) is 57.9 Å². The molecule has 0 bridgehead atoms. The number of rotatable bonds is 42. The highest BCUT2D eigenvalue weighted by Crippen LogP contribution is 2.36. The van der Waals surface area contributed by atoms with Gasteiger partial charge in [0.25, 0.3) is 0 Å². The van der Waals surface area contributed by atoms with Gasteiger partial charge in [-0.05, 0) is 121 Å². The van der Waals surface area contributed by atoms with Crippen molar-refractivity contribution < 1.29 is 76.6 Å². The lowest BCUT2D eigenvalue weighted by Gasteiger charge is -2.36. The molecular weight excluding hydrogens is 1330 g/mol. The van der Waals surface area contributed by atoms with Gasteiger partial charge >= 0.3 is 5.97 Å². The van der Waals surface area contributed by atoms with Gasteiger partial charge in [0, 0.05) is 91.1 Å². The Bertz CT molecular complexity index is 2650. The summed E-state index contributed by atoms with van der Waals surface area (Å²) < 4.78 is 68.4. The number of hydrogen-bond donors (Lipinski definition) is 2. The van der Waals surface area contributed by atoms with Crippen LogP contribution in [0.4, 0.5) is 0 Å². The highest BCUT2D eigenvalue weighted by Gasteiger charge is 2.37. The first-order valence-electron chi connectivity index (χ1n) is 32.0. The topological polar surface area (TPSA) is 185 Å². The Morgan fingerprint density at radius 2 is 1.03 bits per heavy atom. The summed E-state index contributed by atoms with van der Waals surface area (Å²) >= 11 is 7.06. The Morgan fingerprint density at radius 3 is 1.44 bits per heavy atom. The fourth-order valence-corrected chi connectivity index (χ4v) is 10.6. The molecule has 7 atom stereocenters. The predicted octanol–water partition coefficient (Wildman–Crippen LogP) is 16.7. The van der Waals surface area contributed by atoms with Crippen LogP contribution in [-0.2, 0) is 81.0 Å². The number of benzene rings is 4. The maximum Gasteiger partial charge on any atom is 0.305 e. The number of ketones is 1. The standard InChI is InChI=1S/C36H53BrO8.C33H47BrO7.C4H8O.3CH4/c1-8-27(23-43-25-42-18-17-40-6)19-26(3)33(44-24-28-13-15-32(41-7)16-14-28)21-31(38)22-34(45-35(39)9-2)36(4,5)29-11-10-12-30(37)20-29;1-7-25(21-40-23-39-16-15-37-5)17-24(2)31(41-22-26-11-13-30(38-6)14-12-26)19-29(35)20-32(36)33(3,4)27-9-8-10-28(34)18-27;1-2-4-5-3-1;;;/h10-16,19-20,27,31,33-34,38H,8-9,17-18,21-25H2,1-7H3;8-14,17-18,25,31-32,36H,7,15-16,19-23H2,1-6H3;1-4H2;3*1H4/b26-19-;24-17-;;;;/t27-,31-,33+,34+;25-,31+,32+;;;;/m11..../s1. The van der Waals surface area contributed by atoms with E-state index in [4.69, 9.17) is 56.8 Å². The fraction of sp³-hybridized carbons (Fsp3) is 0.605. The van der Waals surface area contributed by atoms with E-state index in [-0.39, 0.29) is 91.2 Å². The first kappa shape index (κ1) is 89.6. The number of hydrogen-bond acceptors (Lipinski definition) is 16. The van der Waals surface area contributed by atoms with Gasteiger partial charge in [-0.3, -0.25) is 9.59 Å². The molecule has 2 N–H and O–H groups in total. The fourth-order valence-electron chi connectivity index (χ4n) is 9.77. The van der Waals surface area contributed by atoms with Gasteiger partial charge in [0.15, 0.2) is 0 Å². The summed E-state index contributed by atoms with van der Waals surface area (Å²) in [6, 6.07) is 31.2. The van der Waals surface area contributed by atoms with E-state index < -0.39 is 35.2 Å². The minimum atomic E-state index is -0.842. The van der Waals surface area contributed by atoms with Crippen LogP contribution in [0.1, 0.15) is 165 Å². The molecule has 0 radical (unpaired) electrons. The molecule has 1 fully saturated rings. The van der Waals surface area contributed by atoms with E-state index in [1.54, 1.807) is 35.4 Å². The van der Waals surface area contributed by atoms with Crippen LogP contribution in [0.2, 0.25) is 0 Å². The van der Waals surface area contributed by atoms with Crippen molar-refractivity contribution in [3.8, 4) is 11.5 Å². The van der Waals surface area contributed by atoms with E-state index in [9.17, 15) is 19.8 Å². The molecule has 0 amide bonds. The Balaban J connectivity index is 0.00000166. The average molecular weight is 1450 g/mol. The Labute approximate surface area is 583 Å². The number of ether oxygens (including phenoxy) is 12. The van der Waals surface area contributed by atoms with Crippen LogP contribution in [-0.4, -0.2) is 147 Å². The molecule has 18 heteroatoms. The number of aliphatic hydroxyl groups excluding tert-OH is 2. The van der Waals surface area contributed by atoms with Gasteiger partial charge in [-0.1, -0.05) is 163 Å². The molecule has 534 valence electrons. The highest BCUT2D eigenvalue weighted by atomic mass is 79.9. The zero-order chi connectivity index (χ0) is 67.0. The molecule has 0 unspecified atom stereocenters. The number of carbonyl (C=O) groups is 2. The zero-order valence-electron chi connectivity index (χ0n) is 56.6. The quantitative estimate of drug-likeness (QED) is 0.0185. The Hall–Kier alpha value is -4.38. The number of aliphatic hydroxyl groups is 2. The van der Waals surface area contributed by atoms with Crippen LogP contribution in [0.15, 0.2) is 129 Å². The largest absolute Gasteiger partial charge is 0.497 e. The van der Waals surface area contributed by atoms with Crippen molar-refractivity contribution in [2.75, 3.05) is 94.9 Å². The molecule has 0 saturated carbocycles. The van der Waals surface area contributed by atoms with Crippen molar-refractivity contribution >= 4 is 43.6 Å². The van der Waals surface area contributed by atoms with Gasteiger partial charge < -0.3 is 67.1 Å². The molecule has 1 aliphatic heterocycles. The third-order valence-electron chi connectivity index (χ3n) is 16.1. The van der Waals surface area contributed by atoms with Gasteiger partial charge in [-0.15, -0.1) is 0 Å². The summed E-state index contributed by atoms with van der Waals surface area (Å²) in [5.74, 6) is 1.49. The maximum atomic E-state index is 13.3. The summed E-state index contributed by atoms with van der Waals surface area (Å²) in [5.41, 5.74) is 4.78. The molecular formula is C76H120Br2O16. The van der Waals surface area contributed by atoms with E-state index in [1.165, 1.54) is 12.8 Å². The van der Waals surface area contributed by atoms with Gasteiger partial charge in [0.2, 0.25) is 0 Å². The summed E-state index contributed by atoms with van der Waals surface area (Å²) in [5, 5.41) is 22.6. The van der Waals surface area contributed by atoms with E-state index in [0.29, 0.717) is 59.3 Å². The second-order valence-corrected chi connectivity index (χ2v) is 25.8. The summed E-state index contributed by atoms with van der Waals surface area (Å²) in [6.07, 6.45) is 6.68. The molecule has 0 aromatic heterocycles. The van der Waals surface area contributed by atoms with Gasteiger partial charge in [0.05, 0.1) is 91.5 Å². The van der Waals surface area contributed by atoms with E-state index in [1.807, 2.05) is 139 Å². The lowest BCUT2D eigenvalue weighted by atomic mass is 9.76. The Kier molecular flexibility index (Phi) is 48.5. The molecule has 0 aliphatic carbocycles. The normalized spacial score (nSPS) is 14.7. The van der Waals surface area contributed by atoms with Crippen LogP contribution in [0.3, 0.4) is 0 Å². The second kappa shape index (κ2) is 50.9. The first-order chi connectivity index (χ1) is 43.6. The lowest BCUT2D eigenvalue weighted by molar-refractivity contribution is -0.154. The Morgan fingerprint density at radius 1 is 0.585 bits per heavy atom. The molecule has 1 heterocycles. The van der Waals surface area contributed by atoms with Crippen LogP contribution in [0.25, 0.3) is 0 Å². The molecule has 4 aromatic rings. The van der Waals surface area contributed by atoms with Crippen LogP contribution >= 0.6 is 31.9 Å². The first-order valence-corrected chi connectivity index (χ1v) is 33.5. The van der Waals surface area contributed by atoms with Gasteiger partial charge in [-0.2, -0.15) is 0 Å². The van der Waals surface area contributed by atoms with Crippen molar-refractivity contribution in [2.24, 2.45) is 11.8 Å². The third-order valence-corrected chi connectivity index (χ3v) is 17.1. The summed E-state index contributed by atoms with van der Waals surface area (Å²) in [4.78, 5) is 25.8. The number of carbonyl (C=O) groups excluding carboxylic acids is 2. The van der Waals surface area contributed by atoms with Crippen LogP contribution < -0.4 is 9.47 Å². The summed E-state index contributed by atoms with van der Waals surface area (Å²) in [7, 11) is 6.54. The van der Waals surface area contributed by atoms with Crippen molar-refractivity contribution in [2.45, 2.75) is 197 Å². The number of halogens is 2. The molecule has 1 saturated heterocycles. The molecule has 16 nitrogen and oxygen atoms in total. The minimum Gasteiger partial charge on any atom is -0.497 e.